The van der Waals surface area contributed by atoms with Gasteiger partial charge in [-0.05, 0) is 55.3 Å². The standard InChI is InChI=1S/C15H17ClN2/c1-12(14-7-9-17-10-8-14)18-11-6-13-2-4-15(16)5-3-13/h2-5,7-10,12,18H,6,11H2,1H3. The molecule has 0 fully saturated rings. The van der Waals surface area contributed by atoms with Crippen LogP contribution in [-0.2, 0) is 6.42 Å². The van der Waals surface area contributed by atoms with Crippen molar-refractivity contribution >= 4 is 11.6 Å². The highest BCUT2D eigenvalue weighted by Crippen LogP contribution is 2.12. The summed E-state index contributed by atoms with van der Waals surface area (Å²) in [4.78, 5) is 4.02. The molecule has 1 N–H and O–H groups in total. The molecule has 1 heterocycles. The summed E-state index contributed by atoms with van der Waals surface area (Å²) in [5, 5.41) is 4.29. The number of halogens is 1. The molecule has 3 heteroatoms. The smallest absolute Gasteiger partial charge is 0.0406 e. The number of aromatic nitrogens is 1. The molecule has 0 radical (unpaired) electrons. The number of nitrogens with zero attached hydrogens (tertiary/aromatic N) is 1. The molecule has 1 aromatic carbocycles. The summed E-state index contributed by atoms with van der Waals surface area (Å²) in [5.41, 5.74) is 2.56. The van der Waals surface area contributed by atoms with Gasteiger partial charge in [-0.25, -0.2) is 0 Å². The summed E-state index contributed by atoms with van der Waals surface area (Å²) >= 11 is 5.85. The molecular weight excluding hydrogens is 244 g/mol. The van der Waals surface area contributed by atoms with E-state index in [9.17, 15) is 0 Å². The summed E-state index contributed by atoms with van der Waals surface area (Å²) < 4.78 is 0. The Morgan fingerprint density at radius 2 is 1.78 bits per heavy atom. The predicted octanol–water partition coefficient (Wildman–Crippen LogP) is 3.63. The van der Waals surface area contributed by atoms with Gasteiger partial charge in [-0.1, -0.05) is 23.7 Å². The Balaban J connectivity index is 1.80. The van der Waals surface area contributed by atoms with E-state index in [4.69, 9.17) is 11.6 Å². The first kappa shape index (κ1) is 13.1. The topological polar surface area (TPSA) is 24.9 Å². The third-order valence-electron chi connectivity index (χ3n) is 2.98. The third-order valence-corrected chi connectivity index (χ3v) is 3.24. The number of nitrogens with one attached hydrogen (secondary N) is 1. The van der Waals surface area contributed by atoms with Crippen LogP contribution in [0.5, 0.6) is 0 Å². The van der Waals surface area contributed by atoms with Gasteiger partial charge in [0.1, 0.15) is 0 Å². The fourth-order valence-electron chi connectivity index (χ4n) is 1.85. The Kier molecular flexibility index (Phi) is 4.73. The van der Waals surface area contributed by atoms with Crippen molar-refractivity contribution in [1.29, 1.82) is 0 Å². The second kappa shape index (κ2) is 6.53. The highest BCUT2D eigenvalue weighted by atomic mass is 35.5. The van der Waals surface area contributed by atoms with Gasteiger partial charge in [-0.15, -0.1) is 0 Å². The predicted molar refractivity (Wildman–Crippen MR) is 75.8 cm³/mol. The van der Waals surface area contributed by atoms with Gasteiger partial charge in [0.15, 0.2) is 0 Å². The lowest BCUT2D eigenvalue weighted by molar-refractivity contribution is 0.576. The van der Waals surface area contributed by atoms with Crippen LogP contribution < -0.4 is 5.32 Å². The normalized spacial score (nSPS) is 12.3. The minimum absolute atomic E-state index is 0.348. The lowest BCUT2D eigenvalue weighted by Gasteiger charge is -2.13. The molecule has 0 bridgehead atoms. The molecule has 1 aromatic heterocycles. The van der Waals surface area contributed by atoms with Crippen molar-refractivity contribution in [3.05, 3.63) is 64.9 Å². The van der Waals surface area contributed by atoms with Crippen LogP contribution in [0.4, 0.5) is 0 Å². The summed E-state index contributed by atoms with van der Waals surface area (Å²) in [6, 6.07) is 12.4. The zero-order chi connectivity index (χ0) is 12.8. The molecule has 2 nitrogen and oxygen atoms in total. The van der Waals surface area contributed by atoms with E-state index in [1.807, 2.05) is 36.7 Å². The molecular formula is C15H17ClN2. The van der Waals surface area contributed by atoms with Gasteiger partial charge in [0.2, 0.25) is 0 Å². The zero-order valence-corrected chi connectivity index (χ0v) is 11.2. The summed E-state index contributed by atoms with van der Waals surface area (Å²) in [6.07, 6.45) is 4.66. The van der Waals surface area contributed by atoms with Crippen molar-refractivity contribution in [2.45, 2.75) is 19.4 Å². The SMILES string of the molecule is CC(NCCc1ccc(Cl)cc1)c1ccncc1. The van der Waals surface area contributed by atoms with E-state index in [0.717, 1.165) is 18.0 Å². The Morgan fingerprint density at radius 1 is 1.11 bits per heavy atom. The average molecular weight is 261 g/mol. The van der Waals surface area contributed by atoms with Crippen molar-refractivity contribution in [1.82, 2.24) is 10.3 Å². The van der Waals surface area contributed by atoms with Gasteiger partial charge in [-0.3, -0.25) is 4.98 Å². The van der Waals surface area contributed by atoms with Crippen LogP contribution in [0.1, 0.15) is 24.1 Å². The van der Waals surface area contributed by atoms with Gasteiger partial charge >= 0.3 is 0 Å². The molecule has 0 saturated heterocycles. The Morgan fingerprint density at radius 3 is 2.44 bits per heavy atom. The van der Waals surface area contributed by atoms with Crippen LogP contribution in [0.3, 0.4) is 0 Å². The fraction of sp³-hybridized carbons (Fsp3) is 0.267. The molecule has 1 atom stereocenters. The Labute approximate surface area is 113 Å². The summed E-state index contributed by atoms with van der Waals surface area (Å²) in [5.74, 6) is 0. The fourth-order valence-corrected chi connectivity index (χ4v) is 1.98. The summed E-state index contributed by atoms with van der Waals surface area (Å²) in [7, 11) is 0. The number of benzene rings is 1. The monoisotopic (exact) mass is 260 g/mol. The molecule has 18 heavy (non-hydrogen) atoms. The van der Waals surface area contributed by atoms with E-state index >= 15 is 0 Å². The van der Waals surface area contributed by atoms with Crippen LogP contribution in [-0.4, -0.2) is 11.5 Å². The van der Waals surface area contributed by atoms with Crippen molar-refractivity contribution < 1.29 is 0 Å². The van der Waals surface area contributed by atoms with Crippen molar-refractivity contribution in [2.75, 3.05) is 6.54 Å². The molecule has 0 aliphatic carbocycles. The molecule has 2 rings (SSSR count). The largest absolute Gasteiger partial charge is 0.310 e. The Bertz CT molecular complexity index is 468. The van der Waals surface area contributed by atoms with Gasteiger partial charge in [0.05, 0.1) is 0 Å². The number of rotatable bonds is 5. The first-order chi connectivity index (χ1) is 8.75. The number of pyridine rings is 1. The Hall–Kier alpha value is -1.38. The molecule has 2 aromatic rings. The van der Waals surface area contributed by atoms with E-state index < -0.39 is 0 Å². The molecule has 94 valence electrons. The van der Waals surface area contributed by atoms with Crippen molar-refractivity contribution in [2.24, 2.45) is 0 Å². The van der Waals surface area contributed by atoms with E-state index in [-0.39, 0.29) is 0 Å². The second-order valence-corrected chi connectivity index (χ2v) is 4.77. The first-order valence-corrected chi connectivity index (χ1v) is 6.51. The average Bonchev–Trinajstić information content (AvgIpc) is 2.42. The van der Waals surface area contributed by atoms with Crippen LogP contribution in [0, 0.1) is 0 Å². The number of hydrogen-bond acceptors (Lipinski definition) is 2. The molecule has 0 amide bonds. The molecule has 0 spiro atoms. The number of hydrogen-bond donors (Lipinski definition) is 1. The third kappa shape index (κ3) is 3.83. The van der Waals surface area contributed by atoms with Gasteiger partial charge in [0, 0.05) is 23.5 Å². The lowest BCUT2D eigenvalue weighted by Crippen LogP contribution is -2.21. The minimum atomic E-state index is 0.348. The summed E-state index contributed by atoms with van der Waals surface area (Å²) in [6.45, 7) is 3.11. The zero-order valence-electron chi connectivity index (χ0n) is 10.4. The lowest BCUT2D eigenvalue weighted by atomic mass is 10.1. The maximum atomic E-state index is 5.85. The van der Waals surface area contributed by atoms with E-state index in [1.54, 1.807) is 0 Å². The highest BCUT2D eigenvalue weighted by Gasteiger charge is 2.03. The second-order valence-electron chi connectivity index (χ2n) is 4.33. The van der Waals surface area contributed by atoms with Crippen LogP contribution in [0.25, 0.3) is 0 Å². The quantitative estimate of drug-likeness (QED) is 0.888. The van der Waals surface area contributed by atoms with Gasteiger partial charge in [0.25, 0.3) is 0 Å². The van der Waals surface area contributed by atoms with Crippen molar-refractivity contribution in [3.8, 4) is 0 Å². The van der Waals surface area contributed by atoms with Crippen LogP contribution >= 0.6 is 11.6 Å². The van der Waals surface area contributed by atoms with Gasteiger partial charge < -0.3 is 5.32 Å². The van der Waals surface area contributed by atoms with E-state index in [0.29, 0.717) is 6.04 Å². The van der Waals surface area contributed by atoms with E-state index in [1.165, 1.54) is 11.1 Å². The van der Waals surface area contributed by atoms with Crippen LogP contribution in [0.2, 0.25) is 5.02 Å². The highest BCUT2D eigenvalue weighted by molar-refractivity contribution is 6.30. The minimum Gasteiger partial charge on any atom is -0.310 e. The van der Waals surface area contributed by atoms with Crippen LogP contribution in [0.15, 0.2) is 48.8 Å². The van der Waals surface area contributed by atoms with Gasteiger partial charge in [-0.2, -0.15) is 0 Å². The molecule has 0 saturated carbocycles. The van der Waals surface area contributed by atoms with E-state index in [2.05, 4.69) is 29.4 Å². The molecule has 0 aliphatic heterocycles. The maximum absolute atomic E-state index is 5.85. The maximum Gasteiger partial charge on any atom is 0.0406 e. The first-order valence-electron chi connectivity index (χ1n) is 6.13. The van der Waals surface area contributed by atoms with Crippen molar-refractivity contribution in [3.63, 3.8) is 0 Å². The molecule has 1 unspecified atom stereocenters. The molecule has 0 aliphatic rings.